The molecule has 4 heteroatoms. The number of carbonyl (C=O) groups excluding carboxylic acids is 1. The molecular weight excluding hydrogens is 271 g/mol. The Kier molecular flexibility index (Phi) is 7.09. The number of carbonyl (C=O) groups is 1. The van der Waals surface area contributed by atoms with Gasteiger partial charge in [-0.3, -0.25) is 4.79 Å². The van der Waals surface area contributed by atoms with Crippen molar-refractivity contribution in [3.05, 3.63) is 47.8 Å². The summed E-state index contributed by atoms with van der Waals surface area (Å²) in [5, 5.41) is 9.99. The standard InChI is InChI=1S/C17H23FO3/c1-4-21-17(20)14(10-12(2)3)11-15(18)16(19)13-8-6-5-7-9-13/h5-9,11-12,14,16,19H,4,10H2,1-3H3/b15-11-. The fourth-order valence-corrected chi connectivity index (χ4v) is 2.07. The third-order valence-electron chi connectivity index (χ3n) is 3.05. The Morgan fingerprint density at radius 3 is 2.48 bits per heavy atom. The van der Waals surface area contributed by atoms with Crippen LogP contribution in [0.25, 0.3) is 0 Å². The van der Waals surface area contributed by atoms with Crippen LogP contribution in [0.5, 0.6) is 0 Å². The molecule has 0 amide bonds. The number of aliphatic hydroxyl groups excluding tert-OH is 1. The first kappa shape index (κ1) is 17.4. The molecule has 0 saturated heterocycles. The van der Waals surface area contributed by atoms with Crippen molar-refractivity contribution in [2.24, 2.45) is 11.8 Å². The largest absolute Gasteiger partial charge is 0.466 e. The third kappa shape index (κ3) is 5.68. The molecule has 21 heavy (non-hydrogen) atoms. The fraction of sp³-hybridized carbons (Fsp3) is 0.471. The van der Waals surface area contributed by atoms with E-state index in [0.717, 1.165) is 0 Å². The fourth-order valence-electron chi connectivity index (χ4n) is 2.07. The predicted octanol–water partition coefficient (Wildman–Crippen LogP) is 3.80. The number of ether oxygens (including phenoxy) is 1. The normalized spacial score (nSPS) is 14.9. The molecule has 0 aliphatic heterocycles. The predicted molar refractivity (Wildman–Crippen MR) is 80.2 cm³/mol. The highest BCUT2D eigenvalue weighted by Gasteiger charge is 2.22. The minimum Gasteiger partial charge on any atom is -0.466 e. The van der Waals surface area contributed by atoms with E-state index in [9.17, 15) is 14.3 Å². The van der Waals surface area contributed by atoms with Crippen molar-refractivity contribution in [1.29, 1.82) is 0 Å². The smallest absolute Gasteiger partial charge is 0.312 e. The Hall–Kier alpha value is -1.68. The molecule has 0 aromatic heterocycles. The molecule has 0 aliphatic carbocycles. The second kappa shape index (κ2) is 8.57. The van der Waals surface area contributed by atoms with E-state index in [1.807, 2.05) is 13.8 Å². The number of hydrogen-bond donors (Lipinski definition) is 1. The van der Waals surface area contributed by atoms with Gasteiger partial charge in [-0.1, -0.05) is 44.2 Å². The number of esters is 1. The minimum atomic E-state index is -1.35. The lowest BCUT2D eigenvalue weighted by Crippen LogP contribution is -2.18. The molecule has 2 unspecified atom stereocenters. The second-order valence-corrected chi connectivity index (χ2v) is 5.35. The van der Waals surface area contributed by atoms with Gasteiger partial charge in [0.05, 0.1) is 12.5 Å². The summed E-state index contributed by atoms with van der Waals surface area (Å²) in [4.78, 5) is 11.9. The zero-order valence-corrected chi connectivity index (χ0v) is 12.8. The van der Waals surface area contributed by atoms with Gasteiger partial charge in [0.15, 0.2) is 0 Å². The highest BCUT2D eigenvalue weighted by atomic mass is 19.1. The Labute approximate surface area is 125 Å². The molecule has 1 aromatic rings. The molecule has 1 aromatic carbocycles. The van der Waals surface area contributed by atoms with Gasteiger partial charge in [0.25, 0.3) is 0 Å². The van der Waals surface area contributed by atoms with Crippen molar-refractivity contribution in [2.45, 2.75) is 33.3 Å². The van der Waals surface area contributed by atoms with Crippen LogP contribution < -0.4 is 0 Å². The van der Waals surface area contributed by atoms with Crippen LogP contribution in [0, 0.1) is 11.8 Å². The monoisotopic (exact) mass is 294 g/mol. The van der Waals surface area contributed by atoms with Crippen LogP contribution in [-0.4, -0.2) is 17.7 Å². The minimum absolute atomic E-state index is 0.220. The molecular formula is C17H23FO3. The molecule has 1 rings (SSSR count). The van der Waals surface area contributed by atoms with E-state index in [1.54, 1.807) is 37.3 Å². The van der Waals surface area contributed by atoms with E-state index in [2.05, 4.69) is 0 Å². The van der Waals surface area contributed by atoms with Crippen molar-refractivity contribution < 1.29 is 19.0 Å². The molecule has 1 N–H and O–H groups in total. The Morgan fingerprint density at radius 2 is 1.95 bits per heavy atom. The lowest BCUT2D eigenvalue weighted by atomic mass is 9.95. The van der Waals surface area contributed by atoms with Crippen molar-refractivity contribution in [1.82, 2.24) is 0 Å². The van der Waals surface area contributed by atoms with Crippen molar-refractivity contribution in [3.8, 4) is 0 Å². The summed E-state index contributed by atoms with van der Waals surface area (Å²) >= 11 is 0. The summed E-state index contributed by atoms with van der Waals surface area (Å²) in [6.45, 7) is 5.87. The van der Waals surface area contributed by atoms with E-state index >= 15 is 0 Å². The number of rotatable bonds is 7. The Balaban J connectivity index is 2.89. The summed E-state index contributed by atoms with van der Waals surface area (Å²) in [6, 6.07) is 8.52. The highest BCUT2D eigenvalue weighted by molar-refractivity contribution is 5.74. The van der Waals surface area contributed by atoms with Gasteiger partial charge in [-0.05, 0) is 30.9 Å². The van der Waals surface area contributed by atoms with E-state index in [4.69, 9.17) is 4.74 Å². The first-order valence-electron chi connectivity index (χ1n) is 7.22. The molecule has 116 valence electrons. The summed E-state index contributed by atoms with van der Waals surface area (Å²) in [6.07, 6.45) is 0.305. The highest BCUT2D eigenvalue weighted by Crippen LogP contribution is 2.26. The van der Waals surface area contributed by atoms with Crippen LogP contribution in [0.3, 0.4) is 0 Å². The SMILES string of the molecule is CCOC(=O)C(/C=C(\F)C(O)c1ccccc1)CC(C)C. The summed E-state index contributed by atoms with van der Waals surface area (Å²) in [5.74, 6) is -1.64. The Morgan fingerprint density at radius 1 is 1.33 bits per heavy atom. The maximum absolute atomic E-state index is 14.2. The van der Waals surface area contributed by atoms with Crippen LogP contribution in [-0.2, 0) is 9.53 Å². The summed E-state index contributed by atoms with van der Waals surface area (Å²) in [5.41, 5.74) is 0.457. The van der Waals surface area contributed by atoms with Crippen LogP contribution >= 0.6 is 0 Å². The van der Waals surface area contributed by atoms with Crippen LogP contribution in [0.1, 0.15) is 38.9 Å². The third-order valence-corrected chi connectivity index (χ3v) is 3.05. The van der Waals surface area contributed by atoms with Gasteiger partial charge in [0.2, 0.25) is 0 Å². The second-order valence-electron chi connectivity index (χ2n) is 5.35. The van der Waals surface area contributed by atoms with Crippen molar-refractivity contribution in [2.75, 3.05) is 6.61 Å². The molecule has 3 nitrogen and oxygen atoms in total. The van der Waals surface area contributed by atoms with Gasteiger partial charge in [-0.2, -0.15) is 0 Å². The van der Waals surface area contributed by atoms with Gasteiger partial charge < -0.3 is 9.84 Å². The zero-order valence-electron chi connectivity index (χ0n) is 12.8. The lowest BCUT2D eigenvalue weighted by molar-refractivity contribution is -0.146. The average molecular weight is 294 g/mol. The molecule has 0 spiro atoms. The van der Waals surface area contributed by atoms with Gasteiger partial charge in [-0.25, -0.2) is 4.39 Å². The maximum Gasteiger partial charge on any atom is 0.312 e. The van der Waals surface area contributed by atoms with E-state index < -0.39 is 23.8 Å². The quantitative estimate of drug-likeness (QED) is 0.778. The summed E-state index contributed by atoms with van der Waals surface area (Å²) < 4.78 is 19.1. The molecule has 0 heterocycles. The van der Waals surface area contributed by atoms with E-state index in [1.165, 1.54) is 6.08 Å². The molecule has 0 radical (unpaired) electrons. The average Bonchev–Trinajstić information content (AvgIpc) is 2.46. The lowest BCUT2D eigenvalue weighted by Gasteiger charge is -2.16. The van der Waals surface area contributed by atoms with Gasteiger partial charge in [-0.15, -0.1) is 0 Å². The summed E-state index contributed by atoms with van der Waals surface area (Å²) in [7, 11) is 0. The maximum atomic E-state index is 14.2. The van der Waals surface area contributed by atoms with Gasteiger partial charge in [0, 0.05) is 0 Å². The van der Waals surface area contributed by atoms with Crippen LogP contribution in [0.15, 0.2) is 42.2 Å². The van der Waals surface area contributed by atoms with Crippen LogP contribution in [0.4, 0.5) is 4.39 Å². The molecule has 2 atom stereocenters. The van der Waals surface area contributed by atoms with Crippen molar-refractivity contribution in [3.63, 3.8) is 0 Å². The molecule has 0 aliphatic rings. The van der Waals surface area contributed by atoms with Gasteiger partial charge in [0.1, 0.15) is 11.9 Å². The topological polar surface area (TPSA) is 46.5 Å². The van der Waals surface area contributed by atoms with Crippen LogP contribution in [0.2, 0.25) is 0 Å². The molecule has 0 bridgehead atoms. The Bertz CT molecular complexity index is 468. The zero-order chi connectivity index (χ0) is 15.8. The number of aliphatic hydroxyl groups is 1. The van der Waals surface area contributed by atoms with E-state index in [0.29, 0.717) is 12.0 Å². The number of benzene rings is 1. The number of halogens is 1. The van der Waals surface area contributed by atoms with Crippen molar-refractivity contribution >= 4 is 5.97 Å². The van der Waals surface area contributed by atoms with E-state index in [-0.39, 0.29) is 12.5 Å². The van der Waals surface area contributed by atoms with Gasteiger partial charge >= 0.3 is 5.97 Å². The molecule has 0 fully saturated rings. The first-order valence-corrected chi connectivity index (χ1v) is 7.22. The molecule has 0 saturated carbocycles. The number of hydrogen-bond acceptors (Lipinski definition) is 3. The first-order chi connectivity index (χ1) is 9.95.